The quantitative estimate of drug-likeness (QED) is 0.711. The van der Waals surface area contributed by atoms with Gasteiger partial charge in [0.15, 0.2) is 0 Å². The van der Waals surface area contributed by atoms with Gasteiger partial charge in [0.05, 0.1) is 0 Å². The van der Waals surface area contributed by atoms with Crippen molar-refractivity contribution in [3.63, 3.8) is 0 Å². The molecule has 0 spiro atoms. The lowest BCUT2D eigenvalue weighted by molar-refractivity contribution is 0.163. The van der Waals surface area contributed by atoms with Gasteiger partial charge in [-0.2, -0.15) is 0 Å². The normalized spacial score (nSPS) is 34.3. The van der Waals surface area contributed by atoms with Crippen LogP contribution in [0.1, 0.15) is 46.5 Å². The van der Waals surface area contributed by atoms with Crippen LogP contribution in [0, 0.1) is 23.7 Å². The molecule has 0 radical (unpaired) electrons. The van der Waals surface area contributed by atoms with Gasteiger partial charge in [-0.3, -0.25) is 0 Å². The van der Waals surface area contributed by atoms with Crippen LogP contribution in [0.25, 0.3) is 0 Å². The minimum Gasteiger partial charge on any atom is -0.314 e. The van der Waals surface area contributed by atoms with Crippen molar-refractivity contribution in [1.29, 1.82) is 0 Å². The molecule has 2 aliphatic carbocycles. The van der Waals surface area contributed by atoms with Crippen molar-refractivity contribution in [3.05, 3.63) is 0 Å². The summed E-state index contributed by atoms with van der Waals surface area (Å²) >= 11 is 0. The van der Waals surface area contributed by atoms with E-state index in [0.717, 1.165) is 29.7 Å². The largest absolute Gasteiger partial charge is 0.314 e. The fourth-order valence-corrected chi connectivity index (χ4v) is 2.56. The molecule has 1 atom stereocenters. The second-order valence-electron chi connectivity index (χ2n) is 5.90. The van der Waals surface area contributed by atoms with Crippen molar-refractivity contribution in [2.75, 3.05) is 6.54 Å². The Labute approximate surface area is 88.7 Å². The molecule has 2 aliphatic rings. The van der Waals surface area contributed by atoms with E-state index in [1.54, 1.807) is 0 Å². The maximum Gasteiger partial charge on any atom is 0.00726 e. The molecule has 1 nitrogen and oxygen atoms in total. The zero-order chi connectivity index (χ0) is 10.1. The molecule has 0 aromatic rings. The average molecular weight is 195 g/mol. The molecule has 1 N–H and O–H groups in total. The Kier molecular flexibility index (Phi) is 3.16. The van der Waals surface area contributed by atoms with Gasteiger partial charge in [0, 0.05) is 6.04 Å². The molecule has 1 heteroatoms. The molecule has 0 heterocycles. The Hall–Kier alpha value is -0.0400. The Morgan fingerprint density at radius 1 is 1.07 bits per heavy atom. The Bertz CT molecular complexity index is 178. The van der Waals surface area contributed by atoms with E-state index in [1.807, 2.05) is 0 Å². The van der Waals surface area contributed by atoms with E-state index in [1.165, 1.54) is 32.2 Å². The third kappa shape index (κ3) is 2.50. The first-order valence-corrected chi connectivity index (χ1v) is 6.40. The van der Waals surface area contributed by atoms with E-state index >= 15 is 0 Å². The summed E-state index contributed by atoms with van der Waals surface area (Å²) in [5, 5.41) is 3.73. The number of nitrogens with one attached hydrogen (secondary N) is 1. The monoisotopic (exact) mass is 195 g/mol. The van der Waals surface area contributed by atoms with Crippen molar-refractivity contribution in [2.24, 2.45) is 23.7 Å². The van der Waals surface area contributed by atoms with Crippen LogP contribution >= 0.6 is 0 Å². The van der Waals surface area contributed by atoms with Crippen LogP contribution in [0.4, 0.5) is 0 Å². The molecule has 0 saturated heterocycles. The Morgan fingerprint density at radius 3 is 2.21 bits per heavy atom. The van der Waals surface area contributed by atoms with E-state index in [2.05, 4.69) is 26.1 Å². The van der Waals surface area contributed by atoms with Gasteiger partial charge in [-0.05, 0) is 55.9 Å². The molecule has 14 heavy (non-hydrogen) atoms. The van der Waals surface area contributed by atoms with Crippen LogP contribution in [0.5, 0.6) is 0 Å². The van der Waals surface area contributed by atoms with Crippen molar-refractivity contribution in [2.45, 2.75) is 52.5 Å². The topological polar surface area (TPSA) is 12.0 Å². The highest BCUT2D eigenvalue weighted by atomic mass is 14.9. The lowest BCUT2D eigenvalue weighted by atomic mass is 9.73. The smallest absolute Gasteiger partial charge is 0.00726 e. The second-order valence-corrected chi connectivity index (χ2v) is 5.90. The van der Waals surface area contributed by atoms with Gasteiger partial charge in [0.25, 0.3) is 0 Å². The highest BCUT2D eigenvalue weighted by molar-refractivity contribution is 4.88. The van der Waals surface area contributed by atoms with Crippen molar-refractivity contribution < 1.29 is 0 Å². The lowest BCUT2D eigenvalue weighted by Crippen LogP contribution is -2.44. The van der Waals surface area contributed by atoms with Gasteiger partial charge < -0.3 is 5.32 Å². The number of hydrogen-bond acceptors (Lipinski definition) is 1. The summed E-state index contributed by atoms with van der Waals surface area (Å²) in [6.07, 6.45) is 5.83. The molecule has 0 amide bonds. The zero-order valence-corrected chi connectivity index (χ0v) is 9.92. The molecule has 0 aromatic heterocycles. The fraction of sp³-hybridized carbons (Fsp3) is 1.00. The molecule has 2 rings (SSSR count). The SMILES string of the molecule is CC(C)C1CC(NCC(C)C2CC2)C1. The van der Waals surface area contributed by atoms with Gasteiger partial charge in [-0.25, -0.2) is 0 Å². The van der Waals surface area contributed by atoms with Crippen LogP contribution in [0.3, 0.4) is 0 Å². The summed E-state index contributed by atoms with van der Waals surface area (Å²) in [6, 6.07) is 0.851. The van der Waals surface area contributed by atoms with Gasteiger partial charge in [-0.1, -0.05) is 20.8 Å². The van der Waals surface area contributed by atoms with Crippen LogP contribution < -0.4 is 5.32 Å². The predicted octanol–water partition coefficient (Wildman–Crippen LogP) is 3.06. The van der Waals surface area contributed by atoms with Crippen LogP contribution in [0.2, 0.25) is 0 Å². The van der Waals surface area contributed by atoms with Crippen molar-refractivity contribution >= 4 is 0 Å². The van der Waals surface area contributed by atoms with Crippen LogP contribution in [0.15, 0.2) is 0 Å². The standard InChI is InChI=1S/C13H25N/c1-9(2)12-6-13(7-12)14-8-10(3)11-4-5-11/h9-14H,4-8H2,1-3H3. The molecule has 1 unspecified atom stereocenters. The van der Waals surface area contributed by atoms with Crippen molar-refractivity contribution in [1.82, 2.24) is 5.32 Å². The maximum atomic E-state index is 3.73. The summed E-state index contributed by atoms with van der Waals surface area (Å²) in [7, 11) is 0. The lowest BCUT2D eigenvalue weighted by Gasteiger charge is -2.39. The number of hydrogen-bond donors (Lipinski definition) is 1. The second kappa shape index (κ2) is 4.22. The minimum absolute atomic E-state index is 0.851. The minimum atomic E-state index is 0.851. The van der Waals surface area contributed by atoms with E-state index in [-0.39, 0.29) is 0 Å². The number of rotatable bonds is 5. The van der Waals surface area contributed by atoms with E-state index in [0.29, 0.717) is 0 Å². The first-order valence-electron chi connectivity index (χ1n) is 6.40. The highest BCUT2D eigenvalue weighted by Gasteiger charge is 2.32. The van der Waals surface area contributed by atoms with E-state index < -0.39 is 0 Å². The summed E-state index contributed by atoms with van der Waals surface area (Å²) in [5.41, 5.74) is 0. The average Bonchev–Trinajstić information content (AvgIpc) is 2.81. The highest BCUT2D eigenvalue weighted by Crippen LogP contribution is 2.37. The molecule has 82 valence electrons. The van der Waals surface area contributed by atoms with Crippen LogP contribution in [-0.4, -0.2) is 12.6 Å². The third-order valence-corrected chi connectivity index (χ3v) is 4.27. The first-order chi connectivity index (χ1) is 6.66. The fourth-order valence-electron chi connectivity index (χ4n) is 2.56. The molecule has 2 fully saturated rings. The summed E-state index contributed by atoms with van der Waals surface area (Å²) in [5.74, 6) is 3.88. The maximum absolute atomic E-state index is 3.73. The summed E-state index contributed by atoms with van der Waals surface area (Å²) < 4.78 is 0. The Balaban J connectivity index is 1.55. The van der Waals surface area contributed by atoms with Crippen molar-refractivity contribution in [3.8, 4) is 0 Å². The van der Waals surface area contributed by atoms with Gasteiger partial charge in [0.1, 0.15) is 0 Å². The Morgan fingerprint density at radius 2 is 1.71 bits per heavy atom. The van der Waals surface area contributed by atoms with Gasteiger partial charge >= 0.3 is 0 Å². The third-order valence-electron chi connectivity index (χ3n) is 4.27. The zero-order valence-electron chi connectivity index (χ0n) is 9.92. The first kappa shape index (κ1) is 10.5. The molecular formula is C13H25N. The van der Waals surface area contributed by atoms with Gasteiger partial charge in [0.2, 0.25) is 0 Å². The summed E-state index contributed by atoms with van der Waals surface area (Å²) in [4.78, 5) is 0. The van der Waals surface area contributed by atoms with E-state index in [4.69, 9.17) is 0 Å². The van der Waals surface area contributed by atoms with Gasteiger partial charge in [-0.15, -0.1) is 0 Å². The molecule has 0 bridgehead atoms. The molecule has 0 aromatic carbocycles. The molecule has 2 saturated carbocycles. The molecule has 0 aliphatic heterocycles. The van der Waals surface area contributed by atoms with Crippen LogP contribution in [-0.2, 0) is 0 Å². The van der Waals surface area contributed by atoms with E-state index in [9.17, 15) is 0 Å². The molecular weight excluding hydrogens is 170 g/mol. The predicted molar refractivity (Wildman–Crippen MR) is 61.2 cm³/mol. The summed E-state index contributed by atoms with van der Waals surface area (Å²) in [6.45, 7) is 8.38.